The third kappa shape index (κ3) is 2.93. The number of nitrogens with one attached hydrogen (secondary N) is 1. The molecule has 0 aromatic heterocycles. The van der Waals surface area contributed by atoms with E-state index in [1.807, 2.05) is 30.0 Å². The minimum absolute atomic E-state index is 0.0210. The Bertz CT molecular complexity index is 442. The molecule has 3 N–H and O–H groups in total. The van der Waals surface area contributed by atoms with Gasteiger partial charge in [-0.15, -0.1) is 0 Å². The maximum Gasteiger partial charge on any atom is 0.124 e. The number of amidine groups is 1. The van der Waals surface area contributed by atoms with Crippen molar-refractivity contribution < 1.29 is 0 Å². The molecule has 0 saturated carbocycles. The van der Waals surface area contributed by atoms with Crippen LogP contribution in [0.25, 0.3) is 0 Å². The summed E-state index contributed by atoms with van der Waals surface area (Å²) in [6, 6.07) is 5.75. The van der Waals surface area contributed by atoms with E-state index in [-0.39, 0.29) is 5.84 Å². The van der Waals surface area contributed by atoms with Crippen LogP contribution in [0.1, 0.15) is 18.4 Å². The van der Waals surface area contributed by atoms with Gasteiger partial charge in [-0.05, 0) is 37.3 Å². The summed E-state index contributed by atoms with van der Waals surface area (Å²) in [4.78, 5) is 2.35. The molecular formula is C13H18ClN3S. The van der Waals surface area contributed by atoms with Gasteiger partial charge in [0.15, 0.2) is 0 Å². The van der Waals surface area contributed by atoms with Crippen LogP contribution in [0.5, 0.6) is 0 Å². The third-order valence-electron chi connectivity index (χ3n) is 3.38. The zero-order valence-electron chi connectivity index (χ0n) is 10.4. The summed E-state index contributed by atoms with van der Waals surface area (Å²) in [5, 5.41) is 8.77. The fraction of sp³-hybridized carbons (Fsp3) is 0.462. The van der Waals surface area contributed by atoms with Crippen molar-refractivity contribution in [1.82, 2.24) is 0 Å². The standard InChI is InChI=1S/C13H18ClN3S/c1-18-10-4-6-17(7-5-10)9-2-3-11(13(15)16)12(14)8-9/h2-3,8,10H,4-7H2,1H3,(H3,15,16). The molecule has 0 unspecified atom stereocenters. The van der Waals surface area contributed by atoms with Gasteiger partial charge >= 0.3 is 0 Å². The van der Waals surface area contributed by atoms with E-state index in [9.17, 15) is 0 Å². The van der Waals surface area contributed by atoms with Gasteiger partial charge in [-0.2, -0.15) is 11.8 Å². The maximum atomic E-state index is 7.42. The molecule has 5 heteroatoms. The topological polar surface area (TPSA) is 53.1 Å². The molecule has 18 heavy (non-hydrogen) atoms. The number of hydrogen-bond donors (Lipinski definition) is 2. The van der Waals surface area contributed by atoms with E-state index < -0.39 is 0 Å². The predicted octanol–water partition coefficient (Wildman–Crippen LogP) is 2.96. The largest absolute Gasteiger partial charge is 0.384 e. The Labute approximate surface area is 117 Å². The molecule has 1 fully saturated rings. The molecule has 1 aromatic rings. The molecule has 3 nitrogen and oxygen atoms in total. The number of anilines is 1. The number of rotatable bonds is 3. The van der Waals surface area contributed by atoms with Gasteiger partial charge in [-0.25, -0.2) is 0 Å². The van der Waals surface area contributed by atoms with Crippen molar-refractivity contribution in [1.29, 1.82) is 5.41 Å². The monoisotopic (exact) mass is 283 g/mol. The number of thioether (sulfide) groups is 1. The molecule has 0 aliphatic carbocycles. The summed E-state index contributed by atoms with van der Waals surface area (Å²) in [6.07, 6.45) is 4.61. The first kappa shape index (κ1) is 13.6. The first-order chi connectivity index (χ1) is 8.61. The summed E-state index contributed by atoms with van der Waals surface area (Å²) in [6.45, 7) is 2.14. The normalized spacial score (nSPS) is 16.9. The van der Waals surface area contributed by atoms with Crippen molar-refractivity contribution in [3.63, 3.8) is 0 Å². The average molecular weight is 284 g/mol. The molecule has 0 atom stereocenters. The lowest BCUT2D eigenvalue weighted by Gasteiger charge is -2.33. The Morgan fingerprint density at radius 1 is 1.44 bits per heavy atom. The minimum atomic E-state index is 0.0210. The van der Waals surface area contributed by atoms with Crippen LogP contribution in [0.2, 0.25) is 5.02 Å². The molecule has 1 aromatic carbocycles. The molecule has 98 valence electrons. The van der Waals surface area contributed by atoms with Gasteiger partial charge in [0.05, 0.1) is 5.02 Å². The van der Waals surface area contributed by atoms with Crippen LogP contribution in [-0.4, -0.2) is 30.4 Å². The number of benzene rings is 1. The fourth-order valence-electron chi connectivity index (χ4n) is 2.27. The molecule has 1 aliphatic heterocycles. The lowest BCUT2D eigenvalue weighted by molar-refractivity contribution is 0.592. The van der Waals surface area contributed by atoms with Crippen molar-refractivity contribution in [2.24, 2.45) is 5.73 Å². The van der Waals surface area contributed by atoms with Crippen molar-refractivity contribution >= 4 is 34.9 Å². The fourth-order valence-corrected chi connectivity index (χ4v) is 3.23. The van der Waals surface area contributed by atoms with Gasteiger partial charge in [0.25, 0.3) is 0 Å². The Kier molecular flexibility index (Phi) is 4.40. The zero-order chi connectivity index (χ0) is 13.1. The molecule has 0 radical (unpaired) electrons. The lowest BCUT2D eigenvalue weighted by Crippen LogP contribution is -2.34. The first-order valence-electron chi connectivity index (χ1n) is 6.03. The van der Waals surface area contributed by atoms with Crippen LogP contribution in [0.15, 0.2) is 18.2 Å². The number of nitrogens with zero attached hydrogens (tertiary/aromatic N) is 1. The molecule has 1 saturated heterocycles. The van der Waals surface area contributed by atoms with E-state index in [4.69, 9.17) is 22.7 Å². The quantitative estimate of drug-likeness (QED) is 0.662. The summed E-state index contributed by atoms with van der Waals surface area (Å²) >= 11 is 8.10. The highest BCUT2D eigenvalue weighted by Gasteiger charge is 2.19. The Balaban J connectivity index is 2.11. The van der Waals surface area contributed by atoms with Gasteiger partial charge in [0.2, 0.25) is 0 Å². The number of nitrogen functional groups attached to an aromatic ring is 1. The molecule has 1 aliphatic rings. The number of hydrogen-bond acceptors (Lipinski definition) is 3. The van der Waals surface area contributed by atoms with Crippen LogP contribution >= 0.6 is 23.4 Å². The number of halogens is 1. The second-order valence-electron chi connectivity index (χ2n) is 4.50. The highest BCUT2D eigenvalue weighted by atomic mass is 35.5. The van der Waals surface area contributed by atoms with Crippen LogP contribution in [0.3, 0.4) is 0 Å². The minimum Gasteiger partial charge on any atom is -0.384 e. The van der Waals surface area contributed by atoms with Crippen molar-refractivity contribution in [2.45, 2.75) is 18.1 Å². The second-order valence-corrected chi connectivity index (χ2v) is 6.05. The second kappa shape index (κ2) is 5.85. The first-order valence-corrected chi connectivity index (χ1v) is 7.70. The van der Waals surface area contributed by atoms with Crippen molar-refractivity contribution in [3.05, 3.63) is 28.8 Å². The SMILES string of the molecule is CSC1CCN(c2ccc(C(=N)N)c(Cl)c2)CC1. The van der Waals surface area contributed by atoms with Crippen molar-refractivity contribution in [2.75, 3.05) is 24.2 Å². The highest BCUT2D eigenvalue weighted by molar-refractivity contribution is 7.99. The molecule has 0 amide bonds. The molecular weight excluding hydrogens is 266 g/mol. The smallest absolute Gasteiger partial charge is 0.124 e. The predicted molar refractivity (Wildman–Crippen MR) is 81.2 cm³/mol. The van der Waals surface area contributed by atoms with E-state index in [0.717, 1.165) is 24.0 Å². The summed E-state index contributed by atoms with van der Waals surface area (Å²) < 4.78 is 0. The summed E-state index contributed by atoms with van der Waals surface area (Å²) in [7, 11) is 0. The van der Waals surface area contributed by atoms with Crippen LogP contribution in [0, 0.1) is 5.41 Å². The Morgan fingerprint density at radius 2 is 2.11 bits per heavy atom. The maximum absolute atomic E-state index is 7.42. The van der Waals surface area contributed by atoms with Gasteiger partial charge in [-0.3, -0.25) is 5.41 Å². The van der Waals surface area contributed by atoms with E-state index in [0.29, 0.717) is 10.6 Å². The third-order valence-corrected chi connectivity index (χ3v) is 4.83. The van der Waals surface area contributed by atoms with Crippen LogP contribution < -0.4 is 10.6 Å². The van der Waals surface area contributed by atoms with E-state index in [2.05, 4.69) is 11.2 Å². The molecule has 0 spiro atoms. The van der Waals surface area contributed by atoms with E-state index in [1.165, 1.54) is 12.8 Å². The van der Waals surface area contributed by atoms with Gasteiger partial charge in [0.1, 0.15) is 5.84 Å². The Hall–Kier alpha value is -0.870. The van der Waals surface area contributed by atoms with Crippen molar-refractivity contribution in [3.8, 4) is 0 Å². The van der Waals surface area contributed by atoms with Gasteiger partial charge in [0, 0.05) is 29.6 Å². The van der Waals surface area contributed by atoms with Gasteiger partial charge < -0.3 is 10.6 Å². The lowest BCUT2D eigenvalue weighted by atomic mass is 10.1. The summed E-state index contributed by atoms with van der Waals surface area (Å²) in [5.74, 6) is 0.0210. The average Bonchev–Trinajstić information content (AvgIpc) is 2.38. The number of piperidine rings is 1. The van der Waals surface area contributed by atoms with Crippen LogP contribution in [0.4, 0.5) is 5.69 Å². The number of nitrogens with two attached hydrogens (primary N) is 1. The summed E-state index contributed by atoms with van der Waals surface area (Å²) in [5.41, 5.74) is 7.20. The van der Waals surface area contributed by atoms with E-state index in [1.54, 1.807) is 0 Å². The van der Waals surface area contributed by atoms with Gasteiger partial charge in [-0.1, -0.05) is 11.6 Å². The molecule has 1 heterocycles. The zero-order valence-corrected chi connectivity index (χ0v) is 12.0. The molecule has 2 rings (SSSR count). The van der Waals surface area contributed by atoms with Crippen LogP contribution in [-0.2, 0) is 0 Å². The molecule has 0 bridgehead atoms. The Morgan fingerprint density at radius 3 is 2.61 bits per heavy atom. The highest BCUT2D eigenvalue weighted by Crippen LogP contribution is 2.28. The van der Waals surface area contributed by atoms with E-state index >= 15 is 0 Å².